The Labute approximate surface area is 155 Å². The minimum absolute atomic E-state index is 0.0503. The van der Waals surface area contributed by atoms with Crippen LogP contribution in [0.2, 0.25) is 0 Å². The van der Waals surface area contributed by atoms with E-state index in [1.807, 2.05) is 37.4 Å². The van der Waals surface area contributed by atoms with Gasteiger partial charge in [-0.2, -0.15) is 4.31 Å². The summed E-state index contributed by atoms with van der Waals surface area (Å²) in [6, 6.07) is 7.82. The molecular weight excluding hydrogens is 356 g/mol. The lowest BCUT2D eigenvalue weighted by Crippen LogP contribution is -2.46. The largest absolute Gasteiger partial charge is 0.348 e. The summed E-state index contributed by atoms with van der Waals surface area (Å²) in [6.45, 7) is 1.81. The molecule has 5 nitrogen and oxygen atoms in total. The third-order valence-electron chi connectivity index (χ3n) is 4.70. The lowest BCUT2D eigenvalue weighted by Gasteiger charge is -2.32. The fraction of sp³-hybridized carbons (Fsp3) is 0.611. The highest BCUT2D eigenvalue weighted by molar-refractivity contribution is 7.98. The topological polar surface area (TPSA) is 66.5 Å². The van der Waals surface area contributed by atoms with Crippen LogP contribution in [0, 0.1) is 0 Å². The van der Waals surface area contributed by atoms with Crippen LogP contribution < -0.4 is 5.32 Å². The highest BCUT2D eigenvalue weighted by atomic mass is 32.2. The van der Waals surface area contributed by atoms with Gasteiger partial charge in [-0.05, 0) is 43.7 Å². The molecule has 0 unspecified atom stereocenters. The van der Waals surface area contributed by atoms with Gasteiger partial charge in [0.1, 0.15) is 0 Å². The van der Waals surface area contributed by atoms with Crippen molar-refractivity contribution in [3.8, 4) is 0 Å². The maximum absolute atomic E-state index is 12.4. The molecule has 0 heterocycles. The number of benzene rings is 1. The Morgan fingerprint density at radius 1 is 1.24 bits per heavy atom. The molecule has 0 aromatic heterocycles. The van der Waals surface area contributed by atoms with Crippen molar-refractivity contribution in [1.82, 2.24) is 9.62 Å². The Morgan fingerprint density at radius 2 is 1.84 bits per heavy atom. The maximum Gasteiger partial charge on any atom is 0.235 e. The average Bonchev–Trinajstić information content (AvgIpc) is 2.59. The normalized spacial score (nSPS) is 17.4. The van der Waals surface area contributed by atoms with Gasteiger partial charge < -0.3 is 5.32 Å². The van der Waals surface area contributed by atoms with Crippen LogP contribution in [0.15, 0.2) is 29.2 Å². The van der Waals surface area contributed by atoms with Gasteiger partial charge in [0.2, 0.25) is 15.9 Å². The monoisotopic (exact) mass is 384 g/mol. The predicted octanol–water partition coefficient (Wildman–Crippen LogP) is 3.18. The first-order chi connectivity index (χ1) is 11.8. The molecule has 0 spiro atoms. The first-order valence-electron chi connectivity index (χ1n) is 8.71. The zero-order chi connectivity index (χ0) is 18.4. The molecule has 1 atom stereocenters. The minimum atomic E-state index is -3.40. The standard InChI is InChI=1S/C18H28N2O3S2/c1-14(15-9-11-17(24-2)12-10-15)19-18(21)13-20(25(3,22)23)16-7-5-4-6-8-16/h9-12,14,16H,4-8,13H2,1-3H3,(H,19,21)/t14-/m0/s1. The number of nitrogens with zero attached hydrogens (tertiary/aromatic N) is 1. The molecule has 0 bridgehead atoms. The lowest BCUT2D eigenvalue weighted by atomic mass is 9.95. The molecule has 2 rings (SSSR count). The van der Waals surface area contributed by atoms with Crippen LogP contribution in [0.25, 0.3) is 0 Å². The number of hydrogen-bond donors (Lipinski definition) is 1. The van der Waals surface area contributed by atoms with Gasteiger partial charge in [-0.15, -0.1) is 11.8 Å². The number of thioether (sulfide) groups is 1. The Bertz CT molecular complexity index is 668. The zero-order valence-electron chi connectivity index (χ0n) is 15.2. The fourth-order valence-electron chi connectivity index (χ4n) is 3.29. The maximum atomic E-state index is 12.4. The van der Waals surface area contributed by atoms with Crippen LogP contribution in [0.3, 0.4) is 0 Å². The summed E-state index contributed by atoms with van der Waals surface area (Å²) in [5.74, 6) is -0.252. The SMILES string of the molecule is CSc1ccc([C@H](C)NC(=O)CN(C2CCCCC2)S(C)(=O)=O)cc1. The summed E-state index contributed by atoms with van der Waals surface area (Å²) < 4.78 is 25.7. The van der Waals surface area contributed by atoms with Crippen molar-refractivity contribution < 1.29 is 13.2 Å². The second-order valence-electron chi connectivity index (χ2n) is 6.66. The molecule has 1 aliphatic carbocycles. The molecule has 1 N–H and O–H groups in total. The number of carbonyl (C=O) groups is 1. The third-order valence-corrected chi connectivity index (χ3v) is 6.72. The zero-order valence-corrected chi connectivity index (χ0v) is 16.8. The molecule has 7 heteroatoms. The molecule has 1 fully saturated rings. The third kappa shape index (κ3) is 6.01. The highest BCUT2D eigenvalue weighted by Gasteiger charge is 2.30. The molecule has 140 valence electrons. The first kappa shape index (κ1) is 20.3. The number of amides is 1. The van der Waals surface area contributed by atoms with Crippen LogP contribution in [-0.4, -0.2) is 43.7 Å². The summed E-state index contributed by atoms with van der Waals surface area (Å²) in [4.78, 5) is 13.6. The number of hydrogen-bond acceptors (Lipinski definition) is 4. The molecule has 25 heavy (non-hydrogen) atoms. The Balaban J connectivity index is 1.99. The summed E-state index contributed by atoms with van der Waals surface area (Å²) in [5, 5.41) is 2.92. The summed E-state index contributed by atoms with van der Waals surface area (Å²) in [6.07, 6.45) is 8.08. The summed E-state index contributed by atoms with van der Waals surface area (Å²) in [7, 11) is -3.40. The molecule has 0 saturated heterocycles. The van der Waals surface area contributed by atoms with E-state index >= 15 is 0 Å². The molecule has 1 amide bonds. The number of carbonyl (C=O) groups excluding carboxylic acids is 1. The van der Waals surface area contributed by atoms with Gasteiger partial charge >= 0.3 is 0 Å². The summed E-state index contributed by atoms with van der Waals surface area (Å²) in [5.41, 5.74) is 1.01. The van der Waals surface area contributed by atoms with Crippen LogP contribution >= 0.6 is 11.8 Å². The molecule has 1 aromatic carbocycles. The molecule has 1 saturated carbocycles. The van der Waals surface area contributed by atoms with Gasteiger partial charge in [-0.3, -0.25) is 4.79 Å². The molecular formula is C18H28N2O3S2. The van der Waals surface area contributed by atoms with Gasteiger partial charge in [-0.1, -0.05) is 31.4 Å². The minimum Gasteiger partial charge on any atom is -0.348 e. The van der Waals surface area contributed by atoms with Gasteiger partial charge in [0.15, 0.2) is 0 Å². The van der Waals surface area contributed by atoms with E-state index in [-0.39, 0.29) is 24.5 Å². The van der Waals surface area contributed by atoms with Crippen molar-refractivity contribution in [2.45, 2.75) is 56.0 Å². The van der Waals surface area contributed by atoms with Crippen LogP contribution in [0.5, 0.6) is 0 Å². The van der Waals surface area contributed by atoms with Crippen molar-refractivity contribution in [3.05, 3.63) is 29.8 Å². The van der Waals surface area contributed by atoms with Crippen LogP contribution in [-0.2, 0) is 14.8 Å². The second-order valence-corrected chi connectivity index (χ2v) is 9.48. The molecule has 0 aliphatic heterocycles. The van der Waals surface area contributed by atoms with E-state index in [9.17, 15) is 13.2 Å². The van der Waals surface area contributed by atoms with Gasteiger partial charge in [-0.25, -0.2) is 8.42 Å². The van der Waals surface area contributed by atoms with Crippen LogP contribution in [0.1, 0.15) is 50.6 Å². The van der Waals surface area contributed by atoms with Crippen molar-refractivity contribution in [1.29, 1.82) is 0 Å². The number of rotatable bonds is 7. The quantitative estimate of drug-likeness (QED) is 0.733. The highest BCUT2D eigenvalue weighted by Crippen LogP contribution is 2.24. The van der Waals surface area contributed by atoms with Crippen LogP contribution in [0.4, 0.5) is 0 Å². The Morgan fingerprint density at radius 3 is 2.36 bits per heavy atom. The van der Waals surface area contributed by atoms with Gasteiger partial charge in [0.05, 0.1) is 18.8 Å². The average molecular weight is 385 g/mol. The second kappa shape index (κ2) is 9.05. The molecule has 0 radical (unpaired) electrons. The Hall–Kier alpha value is -1.05. The van der Waals surface area contributed by atoms with Gasteiger partial charge in [0, 0.05) is 10.9 Å². The van der Waals surface area contributed by atoms with Gasteiger partial charge in [0.25, 0.3) is 0 Å². The fourth-order valence-corrected chi connectivity index (χ4v) is 4.80. The van der Waals surface area contributed by atoms with Crippen molar-refractivity contribution in [2.24, 2.45) is 0 Å². The van der Waals surface area contributed by atoms with E-state index in [4.69, 9.17) is 0 Å². The molecule has 1 aliphatic rings. The molecule has 1 aromatic rings. The lowest BCUT2D eigenvalue weighted by molar-refractivity contribution is -0.122. The van der Waals surface area contributed by atoms with Crippen molar-refractivity contribution in [3.63, 3.8) is 0 Å². The number of sulfonamides is 1. The van der Waals surface area contributed by atoms with E-state index in [1.165, 1.54) is 15.5 Å². The Kier molecular flexibility index (Phi) is 7.34. The van der Waals surface area contributed by atoms with Crippen molar-refractivity contribution >= 4 is 27.7 Å². The van der Waals surface area contributed by atoms with E-state index in [0.29, 0.717) is 0 Å². The summed E-state index contributed by atoms with van der Waals surface area (Å²) >= 11 is 1.67. The first-order valence-corrected chi connectivity index (χ1v) is 11.8. The van der Waals surface area contributed by atoms with E-state index < -0.39 is 10.0 Å². The predicted molar refractivity (Wildman–Crippen MR) is 103 cm³/mol. The smallest absolute Gasteiger partial charge is 0.235 e. The van der Waals surface area contributed by atoms with E-state index in [2.05, 4.69) is 5.32 Å². The van der Waals surface area contributed by atoms with E-state index in [1.54, 1.807) is 11.8 Å². The van der Waals surface area contributed by atoms with E-state index in [0.717, 1.165) is 37.7 Å². The van der Waals surface area contributed by atoms with Crippen molar-refractivity contribution in [2.75, 3.05) is 19.1 Å². The number of nitrogens with one attached hydrogen (secondary N) is 1.